The summed E-state index contributed by atoms with van der Waals surface area (Å²) >= 11 is 1.64. The van der Waals surface area contributed by atoms with E-state index in [1.54, 1.807) is 11.8 Å². The quantitative estimate of drug-likeness (QED) is 0.574. The zero-order chi connectivity index (χ0) is 12.4. The van der Waals surface area contributed by atoms with E-state index in [1.165, 1.54) is 4.90 Å². The van der Waals surface area contributed by atoms with Crippen molar-refractivity contribution in [3.8, 4) is 0 Å². The molecule has 1 aromatic heterocycles. The lowest BCUT2D eigenvalue weighted by Crippen LogP contribution is -2.28. The molecule has 0 aromatic carbocycles. The van der Waals surface area contributed by atoms with Gasteiger partial charge in [0.25, 0.3) is 11.9 Å². The zero-order valence-electron chi connectivity index (χ0n) is 8.85. The van der Waals surface area contributed by atoms with Gasteiger partial charge in [-0.2, -0.15) is 34.3 Å². The Kier molecular flexibility index (Phi) is 3.76. The van der Waals surface area contributed by atoms with E-state index in [0.717, 1.165) is 12.2 Å². The summed E-state index contributed by atoms with van der Waals surface area (Å²) in [5, 5.41) is 0. The van der Waals surface area contributed by atoms with E-state index in [4.69, 9.17) is 0 Å². The highest BCUT2D eigenvalue weighted by Crippen LogP contribution is 2.27. The normalized spacial score (nSPS) is 17.1. The monoisotopic (exact) mass is 266 g/mol. The molecule has 0 aliphatic carbocycles. The number of hydrogen-bond donors (Lipinski definition) is 0. The third kappa shape index (κ3) is 2.48. The van der Waals surface area contributed by atoms with Crippen LogP contribution in [0.15, 0.2) is 0 Å². The Morgan fingerprint density at radius 1 is 0.941 bits per heavy atom. The lowest BCUT2D eigenvalue weighted by atomic mass is 10.3. The number of nitrogens with zero attached hydrogens (tertiary/aromatic N) is 2. The first-order chi connectivity index (χ1) is 8.11. The van der Waals surface area contributed by atoms with Gasteiger partial charge in [-0.05, 0) is 12.2 Å². The van der Waals surface area contributed by atoms with Crippen molar-refractivity contribution >= 4 is 17.4 Å². The molecule has 1 saturated heterocycles. The van der Waals surface area contributed by atoms with Crippen LogP contribution in [0, 0.1) is 23.5 Å². The fraction of sp³-hybridized carbons (Fsp3) is 0.500. The van der Waals surface area contributed by atoms with Crippen LogP contribution in [0.2, 0.25) is 0 Å². The standard InChI is InChI=1S/C10H10F4N2S/c11-6-8(7(12)10(14)15-9(6)13)16-2-1-4-17-5-3-16/h1-5H2. The van der Waals surface area contributed by atoms with E-state index in [2.05, 4.69) is 4.98 Å². The van der Waals surface area contributed by atoms with Gasteiger partial charge in [-0.1, -0.05) is 0 Å². The van der Waals surface area contributed by atoms with Gasteiger partial charge in [-0.15, -0.1) is 0 Å². The Balaban J connectivity index is 2.42. The molecular weight excluding hydrogens is 256 g/mol. The number of halogens is 4. The van der Waals surface area contributed by atoms with Crippen LogP contribution >= 0.6 is 11.8 Å². The van der Waals surface area contributed by atoms with E-state index in [1.807, 2.05) is 0 Å². The van der Waals surface area contributed by atoms with Crippen molar-refractivity contribution in [2.24, 2.45) is 0 Å². The topological polar surface area (TPSA) is 16.1 Å². The van der Waals surface area contributed by atoms with E-state index < -0.39 is 29.2 Å². The lowest BCUT2D eigenvalue weighted by Gasteiger charge is -2.23. The first-order valence-electron chi connectivity index (χ1n) is 5.14. The molecule has 0 saturated carbocycles. The SMILES string of the molecule is Fc1nc(F)c(F)c(N2CCCSCC2)c1F. The van der Waals surface area contributed by atoms with Crippen LogP contribution in [0.3, 0.4) is 0 Å². The molecule has 1 aromatic rings. The zero-order valence-corrected chi connectivity index (χ0v) is 9.67. The Labute approximate surface area is 100 Å². The van der Waals surface area contributed by atoms with Gasteiger partial charge in [-0.25, -0.2) is 0 Å². The van der Waals surface area contributed by atoms with Crippen molar-refractivity contribution in [3.05, 3.63) is 23.5 Å². The fourth-order valence-corrected chi connectivity index (χ4v) is 2.61. The van der Waals surface area contributed by atoms with Gasteiger partial charge in [0.2, 0.25) is 11.6 Å². The second kappa shape index (κ2) is 5.12. The van der Waals surface area contributed by atoms with Gasteiger partial charge in [0, 0.05) is 18.8 Å². The minimum absolute atomic E-state index is 0.363. The smallest absolute Gasteiger partial charge is 0.253 e. The van der Waals surface area contributed by atoms with Crippen LogP contribution in [-0.4, -0.2) is 29.6 Å². The van der Waals surface area contributed by atoms with Crippen LogP contribution in [0.1, 0.15) is 6.42 Å². The Morgan fingerprint density at radius 2 is 1.59 bits per heavy atom. The van der Waals surface area contributed by atoms with Crippen molar-refractivity contribution in [2.75, 3.05) is 29.5 Å². The summed E-state index contributed by atoms with van der Waals surface area (Å²) in [4.78, 5) is 3.87. The molecule has 0 radical (unpaired) electrons. The number of pyridine rings is 1. The summed E-state index contributed by atoms with van der Waals surface area (Å²) in [6, 6.07) is 0. The van der Waals surface area contributed by atoms with Crippen LogP contribution in [0.4, 0.5) is 23.2 Å². The third-order valence-corrected chi connectivity index (χ3v) is 3.56. The maximum atomic E-state index is 13.5. The molecule has 2 rings (SSSR count). The van der Waals surface area contributed by atoms with Gasteiger partial charge in [-0.3, -0.25) is 0 Å². The predicted octanol–water partition coefficient (Wildman–Crippen LogP) is 2.58. The van der Waals surface area contributed by atoms with Gasteiger partial charge in [0.05, 0.1) is 0 Å². The molecule has 17 heavy (non-hydrogen) atoms. The summed E-state index contributed by atoms with van der Waals surface area (Å²) in [6.07, 6.45) is 0.717. The minimum Gasteiger partial charge on any atom is -0.366 e. The van der Waals surface area contributed by atoms with Gasteiger partial charge in [0.1, 0.15) is 5.69 Å². The van der Waals surface area contributed by atoms with Crippen molar-refractivity contribution in [1.82, 2.24) is 4.98 Å². The molecule has 0 spiro atoms. The molecule has 94 valence electrons. The average Bonchev–Trinajstić information content (AvgIpc) is 2.56. The number of aromatic nitrogens is 1. The second-order valence-corrected chi connectivity index (χ2v) is 4.85. The van der Waals surface area contributed by atoms with E-state index in [-0.39, 0.29) is 0 Å². The Bertz CT molecular complexity index is 393. The number of hydrogen-bond acceptors (Lipinski definition) is 3. The second-order valence-electron chi connectivity index (χ2n) is 3.62. The molecule has 2 heterocycles. The highest BCUT2D eigenvalue weighted by atomic mass is 32.2. The van der Waals surface area contributed by atoms with Crippen LogP contribution < -0.4 is 4.90 Å². The van der Waals surface area contributed by atoms with E-state index in [9.17, 15) is 17.6 Å². The molecule has 0 N–H and O–H groups in total. The van der Waals surface area contributed by atoms with Crippen molar-refractivity contribution in [3.63, 3.8) is 0 Å². The van der Waals surface area contributed by atoms with Crippen molar-refractivity contribution < 1.29 is 17.6 Å². The first-order valence-corrected chi connectivity index (χ1v) is 6.29. The first kappa shape index (κ1) is 12.5. The molecule has 1 fully saturated rings. The average molecular weight is 266 g/mol. The van der Waals surface area contributed by atoms with Crippen LogP contribution in [-0.2, 0) is 0 Å². The molecule has 1 aliphatic heterocycles. The summed E-state index contributed by atoms with van der Waals surface area (Å²) in [6.45, 7) is 0.741. The highest BCUT2D eigenvalue weighted by Gasteiger charge is 2.25. The van der Waals surface area contributed by atoms with Crippen molar-refractivity contribution in [2.45, 2.75) is 6.42 Å². The lowest BCUT2D eigenvalue weighted by molar-refractivity contribution is 0.406. The van der Waals surface area contributed by atoms with Gasteiger partial charge >= 0.3 is 0 Å². The van der Waals surface area contributed by atoms with E-state index in [0.29, 0.717) is 18.8 Å². The fourth-order valence-electron chi connectivity index (χ4n) is 1.72. The van der Waals surface area contributed by atoms with E-state index >= 15 is 0 Å². The maximum Gasteiger partial charge on any atom is 0.253 e. The summed E-state index contributed by atoms with van der Waals surface area (Å²) < 4.78 is 52.8. The van der Waals surface area contributed by atoms with Gasteiger partial charge < -0.3 is 4.90 Å². The molecule has 1 aliphatic rings. The number of rotatable bonds is 1. The largest absolute Gasteiger partial charge is 0.366 e. The molecule has 7 heteroatoms. The molecule has 2 nitrogen and oxygen atoms in total. The highest BCUT2D eigenvalue weighted by molar-refractivity contribution is 7.99. The third-order valence-electron chi connectivity index (χ3n) is 2.51. The Hall–Kier alpha value is -0.980. The van der Waals surface area contributed by atoms with Crippen LogP contribution in [0.25, 0.3) is 0 Å². The maximum absolute atomic E-state index is 13.5. The molecule has 0 bridgehead atoms. The van der Waals surface area contributed by atoms with Gasteiger partial charge in [0.15, 0.2) is 0 Å². The minimum atomic E-state index is -1.60. The summed E-state index contributed by atoms with van der Waals surface area (Å²) in [5.41, 5.74) is -0.641. The number of anilines is 1. The Morgan fingerprint density at radius 3 is 2.24 bits per heavy atom. The molecular formula is C10H10F4N2S. The van der Waals surface area contributed by atoms with Crippen molar-refractivity contribution in [1.29, 1.82) is 0 Å². The molecule has 0 unspecified atom stereocenters. The van der Waals surface area contributed by atoms with Crippen LogP contribution in [0.5, 0.6) is 0 Å². The number of thioether (sulfide) groups is 1. The molecule has 0 amide bonds. The summed E-state index contributed by atoms with van der Waals surface area (Å²) in [7, 11) is 0. The predicted molar refractivity (Wildman–Crippen MR) is 58.2 cm³/mol. The summed E-state index contributed by atoms with van der Waals surface area (Å²) in [5.74, 6) is -4.50. The molecule has 0 atom stereocenters.